The van der Waals surface area contributed by atoms with Gasteiger partial charge in [-0.15, -0.1) is 0 Å². The first-order chi connectivity index (χ1) is 6.94. The third-order valence-corrected chi connectivity index (χ3v) is 3.87. The summed E-state index contributed by atoms with van der Waals surface area (Å²) in [6.07, 6.45) is 0. The minimum Gasteiger partial charge on any atom is -0.327 e. The van der Waals surface area contributed by atoms with Gasteiger partial charge in [0.05, 0.1) is 0 Å². The van der Waals surface area contributed by atoms with E-state index in [-0.39, 0.29) is 0 Å². The van der Waals surface area contributed by atoms with E-state index >= 15 is 0 Å². The zero-order chi connectivity index (χ0) is 11.2. The molecule has 1 aliphatic carbocycles. The molecule has 2 atom stereocenters. The number of hydrogen-bond donors (Lipinski definition) is 1. The molecular formula is C14H21N. The van der Waals surface area contributed by atoms with Crippen molar-refractivity contribution in [1.82, 2.24) is 0 Å². The van der Waals surface area contributed by atoms with Gasteiger partial charge in [0.25, 0.3) is 0 Å². The SMILES string of the molecule is CC(C)c1ccc([C@@H]2[C@@H](N)C2(C)C)cc1. The van der Waals surface area contributed by atoms with Gasteiger partial charge in [0.15, 0.2) is 0 Å². The second kappa shape index (κ2) is 3.34. The van der Waals surface area contributed by atoms with E-state index in [4.69, 9.17) is 5.73 Å². The number of rotatable bonds is 2. The first-order valence-corrected chi connectivity index (χ1v) is 5.80. The zero-order valence-corrected chi connectivity index (χ0v) is 10.1. The van der Waals surface area contributed by atoms with Crippen LogP contribution in [-0.4, -0.2) is 6.04 Å². The Hall–Kier alpha value is -0.820. The van der Waals surface area contributed by atoms with Gasteiger partial charge in [-0.25, -0.2) is 0 Å². The lowest BCUT2D eigenvalue weighted by Gasteiger charge is -2.07. The molecule has 0 heterocycles. The Labute approximate surface area is 92.7 Å². The number of nitrogens with two attached hydrogens (primary N) is 1. The Morgan fingerprint density at radius 3 is 1.93 bits per heavy atom. The predicted molar refractivity (Wildman–Crippen MR) is 65.0 cm³/mol. The molecule has 0 bridgehead atoms. The minimum atomic E-state index is 0.291. The molecule has 2 rings (SSSR count). The summed E-state index contributed by atoms with van der Waals surface area (Å²) in [7, 11) is 0. The first-order valence-electron chi connectivity index (χ1n) is 5.80. The Kier molecular flexibility index (Phi) is 2.38. The Morgan fingerprint density at radius 1 is 1.13 bits per heavy atom. The molecule has 1 fully saturated rings. The molecule has 0 saturated heterocycles. The van der Waals surface area contributed by atoms with Crippen LogP contribution < -0.4 is 5.73 Å². The molecule has 0 spiro atoms. The second-order valence-electron chi connectivity index (χ2n) is 5.65. The van der Waals surface area contributed by atoms with E-state index in [1.807, 2.05) is 0 Å². The third kappa shape index (κ3) is 1.69. The third-order valence-electron chi connectivity index (χ3n) is 3.87. The summed E-state index contributed by atoms with van der Waals surface area (Å²) >= 11 is 0. The van der Waals surface area contributed by atoms with Gasteiger partial charge >= 0.3 is 0 Å². The van der Waals surface area contributed by atoms with Crippen LogP contribution >= 0.6 is 0 Å². The summed E-state index contributed by atoms with van der Waals surface area (Å²) in [4.78, 5) is 0. The van der Waals surface area contributed by atoms with E-state index in [9.17, 15) is 0 Å². The highest BCUT2D eigenvalue weighted by Crippen LogP contribution is 2.57. The van der Waals surface area contributed by atoms with Gasteiger partial charge < -0.3 is 5.73 Å². The number of benzene rings is 1. The maximum atomic E-state index is 6.07. The van der Waals surface area contributed by atoms with Gasteiger partial charge in [0.1, 0.15) is 0 Å². The van der Waals surface area contributed by atoms with Gasteiger partial charge in [-0.3, -0.25) is 0 Å². The van der Waals surface area contributed by atoms with Gasteiger partial charge in [-0.2, -0.15) is 0 Å². The van der Waals surface area contributed by atoms with E-state index in [1.54, 1.807) is 0 Å². The molecule has 15 heavy (non-hydrogen) atoms. The van der Waals surface area contributed by atoms with Gasteiger partial charge in [-0.05, 0) is 22.5 Å². The Balaban J connectivity index is 2.19. The molecule has 1 heteroatoms. The molecule has 1 aliphatic rings. The molecule has 1 aromatic rings. The molecule has 1 aromatic carbocycles. The van der Waals surface area contributed by atoms with Crippen molar-refractivity contribution in [3.05, 3.63) is 35.4 Å². The van der Waals surface area contributed by atoms with Crippen LogP contribution in [0.15, 0.2) is 24.3 Å². The minimum absolute atomic E-state index is 0.291. The maximum Gasteiger partial charge on any atom is 0.0172 e. The average molecular weight is 203 g/mol. The topological polar surface area (TPSA) is 26.0 Å². The van der Waals surface area contributed by atoms with Crippen molar-refractivity contribution in [3.63, 3.8) is 0 Å². The zero-order valence-electron chi connectivity index (χ0n) is 10.1. The Bertz CT molecular complexity index is 348. The van der Waals surface area contributed by atoms with Crippen LogP contribution in [0.25, 0.3) is 0 Å². The number of hydrogen-bond acceptors (Lipinski definition) is 1. The summed E-state index contributed by atoms with van der Waals surface area (Å²) in [5, 5.41) is 0. The molecule has 0 aliphatic heterocycles. The van der Waals surface area contributed by atoms with Gasteiger partial charge in [0.2, 0.25) is 0 Å². The fraction of sp³-hybridized carbons (Fsp3) is 0.571. The van der Waals surface area contributed by atoms with Gasteiger partial charge in [-0.1, -0.05) is 52.0 Å². The van der Waals surface area contributed by atoms with Crippen LogP contribution in [-0.2, 0) is 0 Å². The van der Waals surface area contributed by atoms with E-state index < -0.39 is 0 Å². The molecule has 2 N–H and O–H groups in total. The van der Waals surface area contributed by atoms with E-state index in [0.717, 1.165) is 0 Å². The predicted octanol–water partition coefficient (Wildman–Crippen LogP) is 3.26. The van der Waals surface area contributed by atoms with Crippen LogP contribution in [0.1, 0.15) is 50.7 Å². The summed E-state index contributed by atoms with van der Waals surface area (Å²) in [6, 6.07) is 9.30. The normalized spacial score (nSPS) is 28.1. The van der Waals surface area contributed by atoms with Crippen molar-refractivity contribution in [3.8, 4) is 0 Å². The lowest BCUT2D eigenvalue weighted by atomic mass is 9.98. The molecule has 0 aromatic heterocycles. The quantitative estimate of drug-likeness (QED) is 0.784. The fourth-order valence-electron chi connectivity index (χ4n) is 2.40. The average Bonchev–Trinajstić information content (AvgIpc) is 2.66. The molecule has 0 radical (unpaired) electrons. The maximum absolute atomic E-state index is 6.07. The van der Waals surface area contributed by atoms with Crippen LogP contribution in [0.2, 0.25) is 0 Å². The monoisotopic (exact) mass is 203 g/mol. The van der Waals surface area contributed by atoms with Crippen molar-refractivity contribution in [2.45, 2.75) is 45.6 Å². The smallest absolute Gasteiger partial charge is 0.0172 e. The van der Waals surface area contributed by atoms with E-state index in [1.165, 1.54) is 11.1 Å². The molecule has 1 saturated carbocycles. The van der Waals surface area contributed by atoms with Crippen molar-refractivity contribution in [2.75, 3.05) is 0 Å². The standard InChI is InChI=1S/C14H21N/c1-9(2)10-5-7-11(8-6-10)12-13(15)14(12,3)4/h5-9,12-13H,15H2,1-4H3/t12-,13-/m1/s1. The fourth-order valence-corrected chi connectivity index (χ4v) is 2.40. The van der Waals surface area contributed by atoms with Crippen molar-refractivity contribution in [1.29, 1.82) is 0 Å². The first kappa shape index (κ1) is 10.7. The van der Waals surface area contributed by atoms with Crippen molar-refractivity contribution in [2.24, 2.45) is 11.1 Å². The van der Waals surface area contributed by atoms with Crippen LogP contribution in [0.5, 0.6) is 0 Å². The summed E-state index contributed by atoms with van der Waals surface area (Å²) in [5.41, 5.74) is 9.17. The largest absolute Gasteiger partial charge is 0.327 e. The highest BCUT2D eigenvalue weighted by molar-refractivity contribution is 5.36. The second-order valence-corrected chi connectivity index (χ2v) is 5.65. The molecule has 0 unspecified atom stereocenters. The molecule has 82 valence electrons. The molecule has 0 amide bonds. The molecular weight excluding hydrogens is 182 g/mol. The highest BCUT2D eigenvalue weighted by Gasteiger charge is 2.55. The lowest BCUT2D eigenvalue weighted by molar-refractivity contribution is 0.599. The lowest BCUT2D eigenvalue weighted by Crippen LogP contribution is -2.06. The molecule has 1 nitrogen and oxygen atoms in total. The van der Waals surface area contributed by atoms with Crippen molar-refractivity contribution >= 4 is 0 Å². The highest BCUT2D eigenvalue weighted by atomic mass is 14.8. The van der Waals surface area contributed by atoms with Crippen LogP contribution in [0.3, 0.4) is 0 Å². The van der Waals surface area contributed by atoms with E-state index in [2.05, 4.69) is 52.0 Å². The Morgan fingerprint density at radius 2 is 1.60 bits per heavy atom. The summed E-state index contributed by atoms with van der Waals surface area (Å²) < 4.78 is 0. The van der Waals surface area contributed by atoms with E-state index in [0.29, 0.717) is 23.3 Å². The van der Waals surface area contributed by atoms with Gasteiger partial charge in [0, 0.05) is 12.0 Å². The summed E-state index contributed by atoms with van der Waals surface area (Å²) in [6.45, 7) is 8.95. The summed E-state index contributed by atoms with van der Waals surface area (Å²) in [5.74, 6) is 1.17. The van der Waals surface area contributed by atoms with Crippen LogP contribution in [0, 0.1) is 5.41 Å². The van der Waals surface area contributed by atoms with Crippen molar-refractivity contribution < 1.29 is 0 Å². The van der Waals surface area contributed by atoms with Crippen LogP contribution in [0.4, 0.5) is 0 Å².